The fourth-order valence-corrected chi connectivity index (χ4v) is 3.69. The van der Waals surface area contributed by atoms with E-state index >= 15 is 0 Å². The minimum atomic E-state index is -0.0102. The van der Waals surface area contributed by atoms with Gasteiger partial charge in [-0.1, -0.05) is 11.6 Å². The van der Waals surface area contributed by atoms with Crippen molar-refractivity contribution in [1.29, 1.82) is 0 Å². The Bertz CT molecular complexity index is 875. The molecule has 2 aromatic rings. The predicted octanol–water partition coefficient (Wildman–Crippen LogP) is 4.40. The number of ether oxygens (including phenoxy) is 3. The summed E-state index contributed by atoms with van der Waals surface area (Å²) in [5.74, 6) is 2.23. The molecule has 0 radical (unpaired) electrons. The van der Waals surface area contributed by atoms with E-state index in [-0.39, 0.29) is 11.9 Å². The Morgan fingerprint density at radius 2 is 1.82 bits per heavy atom. The Labute approximate surface area is 166 Å². The summed E-state index contributed by atoms with van der Waals surface area (Å²) in [4.78, 5) is 14.8. The highest BCUT2D eigenvalue weighted by molar-refractivity contribution is 5.92. The van der Waals surface area contributed by atoms with Crippen molar-refractivity contribution in [1.82, 2.24) is 4.90 Å². The molecule has 0 saturated carbocycles. The Morgan fingerprint density at radius 1 is 1.04 bits per heavy atom. The van der Waals surface area contributed by atoms with E-state index in [1.54, 1.807) is 27.4 Å². The number of hydrogen-bond donors (Lipinski definition) is 0. The summed E-state index contributed by atoms with van der Waals surface area (Å²) in [5.41, 5.74) is 3.03. The van der Waals surface area contributed by atoms with E-state index in [2.05, 4.69) is 0 Å². The van der Waals surface area contributed by atoms with Crippen LogP contribution in [0.5, 0.6) is 17.2 Å². The van der Waals surface area contributed by atoms with Crippen LogP contribution in [0.4, 0.5) is 0 Å². The van der Waals surface area contributed by atoms with Crippen LogP contribution in [0.1, 0.15) is 35.6 Å². The first kappa shape index (κ1) is 19.8. The number of nitrogens with zero attached hydrogens (tertiary/aromatic N) is 1. The Balaban J connectivity index is 1.83. The van der Waals surface area contributed by atoms with Crippen molar-refractivity contribution >= 4 is 12.0 Å². The number of benzene rings is 2. The minimum absolute atomic E-state index is 0.00240. The molecule has 0 bridgehead atoms. The van der Waals surface area contributed by atoms with E-state index in [4.69, 9.17) is 14.2 Å². The quantitative estimate of drug-likeness (QED) is 0.696. The van der Waals surface area contributed by atoms with Gasteiger partial charge in [0.2, 0.25) is 5.91 Å². The molecule has 1 aliphatic heterocycles. The van der Waals surface area contributed by atoms with Gasteiger partial charge in [-0.05, 0) is 50.1 Å². The smallest absolute Gasteiger partial charge is 0.247 e. The zero-order chi connectivity index (χ0) is 20.1. The molecule has 1 fully saturated rings. The monoisotopic (exact) mass is 381 g/mol. The van der Waals surface area contributed by atoms with Crippen molar-refractivity contribution in [3.63, 3.8) is 0 Å². The summed E-state index contributed by atoms with van der Waals surface area (Å²) in [7, 11) is 4.91. The predicted molar refractivity (Wildman–Crippen MR) is 110 cm³/mol. The first-order valence-electron chi connectivity index (χ1n) is 9.42. The van der Waals surface area contributed by atoms with E-state index in [1.807, 2.05) is 54.3 Å². The number of carbonyl (C=O) groups excluding carboxylic acids is 1. The molecule has 5 nitrogen and oxygen atoms in total. The largest absolute Gasteiger partial charge is 0.497 e. The lowest BCUT2D eigenvalue weighted by Crippen LogP contribution is -2.29. The SMILES string of the molecule is COc1ccc(C2CCCN2C(=O)/C=C/c2cc(C)ccc2OC)c(OC)c1. The molecule has 1 heterocycles. The normalized spacial score (nSPS) is 16.4. The fraction of sp³-hybridized carbons (Fsp3) is 0.348. The molecular weight excluding hydrogens is 354 g/mol. The van der Waals surface area contributed by atoms with Crippen LogP contribution in [-0.2, 0) is 4.79 Å². The molecule has 2 aromatic carbocycles. The van der Waals surface area contributed by atoms with Crippen molar-refractivity contribution in [3.8, 4) is 17.2 Å². The highest BCUT2D eigenvalue weighted by Crippen LogP contribution is 2.38. The van der Waals surface area contributed by atoms with Gasteiger partial charge in [-0.15, -0.1) is 0 Å². The second-order valence-electron chi connectivity index (χ2n) is 6.88. The summed E-state index contributed by atoms with van der Waals surface area (Å²) in [6.07, 6.45) is 5.34. The van der Waals surface area contributed by atoms with E-state index in [0.29, 0.717) is 0 Å². The van der Waals surface area contributed by atoms with Gasteiger partial charge < -0.3 is 19.1 Å². The van der Waals surface area contributed by atoms with Gasteiger partial charge in [0.15, 0.2) is 0 Å². The van der Waals surface area contributed by atoms with Crippen LogP contribution in [0, 0.1) is 6.92 Å². The molecule has 0 spiro atoms. The lowest BCUT2D eigenvalue weighted by Gasteiger charge is -2.25. The zero-order valence-electron chi connectivity index (χ0n) is 16.9. The van der Waals surface area contributed by atoms with Crippen molar-refractivity contribution in [3.05, 3.63) is 59.2 Å². The molecule has 1 atom stereocenters. The maximum Gasteiger partial charge on any atom is 0.247 e. The lowest BCUT2D eigenvalue weighted by molar-refractivity contribution is -0.126. The van der Waals surface area contributed by atoms with Crippen molar-refractivity contribution < 1.29 is 19.0 Å². The first-order chi connectivity index (χ1) is 13.6. The third-order valence-corrected chi connectivity index (χ3v) is 5.13. The second kappa shape index (κ2) is 8.83. The van der Waals surface area contributed by atoms with Gasteiger partial charge in [0.25, 0.3) is 0 Å². The fourth-order valence-electron chi connectivity index (χ4n) is 3.69. The summed E-state index contributed by atoms with van der Waals surface area (Å²) >= 11 is 0. The molecular formula is C23H27NO4. The molecule has 1 unspecified atom stereocenters. The third-order valence-electron chi connectivity index (χ3n) is 5.13. The number of hydrogen-bond acceptors (Lipinski definition) is 4. The standard InChI is InChI=1S/C23H27NO4/c1-16-7-11-21(27-3)17(14-16)8-12-23(25)24-13-5-6-20(24)19-10-9-18(26-2)15-22(19)28-4/h7-12,14-15,20H,5-6,13H2,1-4H3/b12-8+. The van der Waals surface area contributed by atoms with Crippen LogP contribution in [0.25, 0.3) is 6.08 Å². The number of likely N-dealkylation sites (tertiary alicyclic amines) is 1. The number of methoxy groups -OCH3 is 3. The van der Waals surface area contributed by atoms with Crippen LogP contribution in [0.3, 0.4) is 0 Å². The molecule has 0 aliphatic carbocycles. The van der Waals surface area contributed by atoms with Crippen molar-refractivity contribution in [2.75, 3.05) is 27.9 Å². The third kappa shape index (κ3) is 4.14. The zero-order valence-corrected chi connectivity index (χ0v) is 16.9. The molecule has 148 valence electrons. The van der Waals surface area contributed by atoms with Gasteiger partial charge in [-0.2, -0.15) is 0 Å². The van der Waals surface area contributed by atoms with E-state index < -0.39 is 0 Å². The molecule has 5 heteroatoms. The van der Waals surface area contributed by atoms with Gasteiger partial charge in [-0.25, -0.2) is 0 Å². The summed E-state index contributed by atoms with van der Waals surface area (Å²) in [6, 6.07) is 11.7. The van der Waals surface area contributed by atoms with Crippen LogP contribution in [0.15, 0.2) is 42.5 Å². The van der Waals surface area contributed by atoms with Gasteiger partial charge in [-0.3, -0.25) is 4.79 Å². The van der Waals surface area contributed by atoms with Crippen LogP contribution in [0.2, 0.25) is 0 Å². The summed E-state index contributed by atoms with van der Waals surface area (Å²) in [5, 5.41) is 0. The van der Waals surface area contributed by atoms with E-state index in [1.165, 1.54) is 0 Å². The van der Waals surface area contributed by atoms with E-state index in [0.717, 1.165) is 53.3 Å². The molecule has 1 amide bonds. The van der Waals surface area contributed by atoms with Crippen LogP contribution < -0.4 is 14.2 Å². The average Bonchev–Trinajstić information content (AvgIpc) is 3.21. The van der Waals surface area contributed by atoms with Crippen molar-refractivity contribution in [2.45, 2.75) is 25.8 Å². The highest BCUT2D eigenvalue weighted by atomic mass is 16.5. The Kier molecular flexibility index (Phi) is 6.24. The molecule has 0 aromatic heterocycles. The van der Waals surface area contributed by atoms with E-state index in [9.17, 15) is 4.79 Å². The van der Waals surface area contributed by atoms with Gasteiger partial charge >= 0.3 is 0 Å². The molecule has 3 rings (SSSR count). The Hall–Kier alpha value is -2.95. The minimum Gasteiger partial charge on any atom is -0.497 e. The maximum absolute atomic E-state index is 12.9. The Morgan fingerprint density at radius 3 is 2.54 bits per heavy atom. The van der Waals surface area contributed by atoms with Gasteiger partial charge in [0.1, 0.15) is 17.2 Å². The number of aryl methyl sites for hydroxylation is 1. The number of amides is 1. The molecule has 28 heavy (non-hydrogen) atoms. The van der Waals surface area contributed by atoms with Crippen LogP contribution in [-0.4, -0.2) is 38.7 Å². The molecule has 1 saturated heterocycles. The van der Waals surface area contributed by atoms with Gasteiger partial charge in [0.05, 0.1) is 27.4 Å². The van der Waals surface area contributed by atoms with Crippen molar-refractivity contribution in [2.24, 2.45) is 0 Å². The highest BCUT2D eigenvalue weighted by Gasteiger charge is 2.31. The molecule has 1 aliphatic rings. The number of carbonyl (C=O) groups is 1. The number of rotatable bonds is 6. The summed E-state index contributed by atoms with van der Waals surface area (Å²) < 4.78 is 16.2. The van der Waals surface area contributed by atoms with Crippen LogP contribution >= 0.6 is 0 Å². The molecule has 0 N–H and O–H groups in total. The topological polar surface area (TPSA) is 48.0 Å². The average molecular weight is 381 g/mol. The summed E-state index contributed by atoms with van der Waals surface area (Å²) in [6.45, 7) is 2.75. The lowest BCUT2D eigenvalue weighted by atomic mass is 10.0. The second-order valence-corrected chi connectivity index (χ2v) is 6.88. The maximum atomic E-state index is 12.9. The first-order valence-corrected chi connectivity index (χ1v) is 9.42. The van der Waals surface area contributed by atoms with Gasteiger partial charge in [0, 0.05) is 29.8 Å².